The van der Waals surface area contributed by atoms with Crippen LogP contribution in [0.4, 0.5) is 5.69 Å². The lowest BCUT2D eigenvalue weighted by atomic mass is 10.2. The molecule has 2 aromatic heterocycles. The molecule has 0 amide bonds. The number of methoxy groups -OCH3 is 1. The quantitative estimate of drug-likeness (QED) is 0.876. The highest BCUT2D eigenvalue weighted by Gasteiger charge is 2.16. The second-order valence-electron chi connectivity index (χ2n) is 3.52. The lowest BCUT2D eigenvalue weighted by Crippen LogP contribution is -2.05. The zero-order valence-electron chi connectivity index (χ0n) is 9.79. The van der Waals surface area contributed by atoms with E-state index in [4.69, 9.17) is 27.2 Å². The second kappa shape index (κ2) is 5.07. The van der Waals surface area contributed by atoms with Crippen molar-refractivity contribution in [2.24, 2.45) is 0 Å². The number of anilines is 1. The van der Waals surface area contributed by atoms with Crippen LogP contribution in [-0.2, 0) is 0 Å². The Morgan fingerprint density at radius 1 is 1.42 bits per heavy atom. The Labute approximate surface area is 113 Å². The third-order valence-electron chi connectivity index (χ3n) is 2.29. The summed E-state index contributed by atoms with van der Waals surface area (Å²) in [4.78, 5) is 22.7. The van der Waals surface area contributed by atoms with E-state index in [-0.39, 0.29) is 22.4 Å². The van der Waals surface area contributed by atoms with E-state index in [1.165, 1.54) is 25.6 Å². The van der Waals surface area contributed by atoms with Crippen LogP contribution in [0.1, 0.15) is 10.5 Å². The van der Waals surface area contributed by atoms with Crippen LogP contribution in [0.5, 0.6) is 6.01 Å². The fraction of sp³-hybridized carbons (Fsp3) is 0.0909. The van der Waals surface area contributed by atoms with E-state index in [0.29, 0.717) is 11.3 Å². The number of aromatic carboxylic acids is 1. The van der Waals surface area contributed by atoms with E-state index in [2.05, 4.69) is 15.0 Å². The van der Waals surface area contributed by atoms with Gasteiger partial charge in [-0.25, -0.2) is 19.7 Å². The minimum atomic E-state index is -1.26. The van der Waals surface area contributed by atoms with Gasteiger partial charge in [0.15, 0.2) is 5.69 Å². The molecule has 3 N–H and O–H groups in total. The standard InChI is InChI=1S/C11H9ClN4O3/c1-19-11-14-3-5(4-15-11)7-2-6(13)8(12)9(16-7)10(17)18/h2-4H,1H3,(H2,13,16)(H,17,18). The maximum atomic E-state index is 11.0. The van der Waals surface area contributed by atoms with Crippen molar-refractivity contribution in [1.82, 2.24) is 15.0 Å². The van der Waals surface area contributed by atoms with Crippen molar-refractivity contribution < 1.29 is 14.6 Å². The molecule has 0 aliphatic carbocycles. The SMILES string of the molecule is COc1ncc(-c2cc(N)c(Cl)c(C(=O)O)n2)cn1. The topological polar surface area (TPSA) is 111 Å². The number of nitrogens with two attached hydrogens (primary N) is 1. The number of ether oxygens (including phenoxy) is 1. The summed E-state index contributed by atoms with van der Waals surface area (Å²) in [6, 6.07) is 1.66. The first-order chi connectivity index (χ1) is 9.02. The number of hydrogen-bond donors (Lipinski definition) is 2. The number of aromatic nitrogens is 3. The number of hydrogen-bond acceptors (Lipinski definition) is 6. The van der Waals surface area contributed by atoms with Crippen molar-refractivity contribution in [3.8, 4) is 17.3 Å². The molecule has 0 aliphatic rings. The van der Waals surface area contributed by atoms with Gasteiger partial charge in [-0.15, -0.1) is 0 Å². The zero-order valence-corrected chi connectivity index (χ0v) is 10.5. The highest BCUT2D eigenvalue weighted by atomic mass is 35.5. The average Bonchev–Trinajstić information content (AvgIpc) is 2.41. The summed E-state index contributed by atoms with van der Waals surface area (Å²) >= 11 is 5.78. The molecule has 0 fully saturated rings. The number of nitrogens with zero attached hydrogens (tertiary/aromatic N) is 3. The largest absolute Gasteiger partial charge is 0.476 e. The Morgan fingerprint density at radius 2 is 2.05 bits per heavy atom. The minimum absolute atomic E-state index is 0.0920. The molecular formula is C11H9ClN4O3. The van der Waals surface area contributed by atoms with Gasteiger partial charge in [-0.05, 0) is 6.07 Å². The smallest absolute Gasteiger partial charge is 0.356 e. The first kappa shape index (κ1) is 13.0. The van der Waals surface area contributed by atoms with Crippen molar-refractivity contribution in [2.45, 2.75) is 0 Å². The summed E-state index contributed by atoms with van der Waals surface area (Å²) in [6.07, 6.45) is 2.90. The van der Waals surface area contributed by atoms with Crippen LogP contribution >= 0.6 is 11.6 Å². The van der Waals surface area contributed by atoms with Gasteiger partial charge < -0.3 is 15.6 Å². The maximum absolute atomic E-state index is 11.0. The average molecular weight is 281 g/mol. The summed E-state index contributed by atoms with van der Waals surface area (Å²) in [7, 11) is 1.44. The van der Waals surface area contributed by atoms with Crippen LogP contribution in [0.2, 0.25) is 5.02 Å². The van der Waals surface area contributed by atoms with Crippen LogP contribution in [-0.4, -0.2) is 33.1 Å². The summed E-state index contributed by atoms with van der Waals surface area (Å²) in [5, 5.41) is 8.90. The van der Waals surface area contributed by atoms with Crippen molar-refractivity contribution in [3.05, 3.63) is 29.2 Å². The van der Waals surface area contributed by atoms with Gasteiger partial charge >= 0.3 is 12.0 Å². The van der Waals surface area contributed by atoms with E-state index in [9.17, 15) is 4.79 Å². The molecule has 0 spiro atoms. The molecule has 8 heteroatoms. The highest BCUT2D eigenvalue weighted by molar-refractivity contribution is 6.35. The molecule has 0 saturated heterocycles. The maximum Gasteiger partial charge on any atom is 0.356 e. The fourth-order valence-electron chi connectivity index (χ4n) is 1.39. The highest BCUT2D eigenvalue weighted by Crippen LogP contribution is 2.27. The molecule has 2 heterocycles. The lowest BCUT2D eigenvalue weighted by molar-refractivity contribution is 0.0691. The van der Waals surface area contributed by atoms with Gasteiger partial charge in [0.1, 0.15) is 0 Å². The summed E-state index contributed by atoms with van der Waals surface area (Å²) in [6.45, 7) is 0. The fourth-order valence-corrected chi connectivity index (χ4v) is 1.57. The van der Waals surface area contributed by atoms with Crippen LogP contribution < -0.4 is 10.5 Å². The van der Waals surface area contributed by atoms with Crippen molar-refractivity contribution >= 4 is 23.3 Å². The molecule has 0 bridgehead atoms. The second-order valence-corrected chi connectivity index (χ2v) is 3.90. The number of pyridine rings is 1. The summed E-state index contributed by atoms with van der Waals surface area (Å²) < 4.78 is 4.83. The van der Waals surface area contributed by atoms with Crippen LogP contribution in [0.3, 0.4) is 0 Å². The first-order valence-corrected chi connectivity index (χ1v) is 5.46. The molecule has 0 saturated carbocycles. The number of nitrogen functional groups attached to an aromatic ring is 1. The third-order valence-corrected chi connectivity index (χ3v) is 2.69. The van der Waals surface area contributed by atoms with E-state index in [1.54, 1.807) is 0 Å². The predicted octanol–water partition coefficient (Wildman–Crippen LogP) is 1.48. The van der Waals surface area contributed by atoms with Crippen LogP contribution in [0, 0.1) is 0 Å². The van der Waals surface area contributed by atoms with Gasteiger partial charge in [0, 0.05) is 18.0 Å². The molecule has 0 aromatic carbocycles. The molecule has 98 valence electrons. The summed E-state index contributed by atoms with van der Waals surface area (Å²) in [5.74, 6) is -1.26. The molecule has 0 radical (unpaired) electrons. The molecule has 2 rings (SSSR count). The Bertz CT molecular complexity index is 631. The Kier molecular flexibility index (Phi) is 3.48. The monoisotopic (exact) mass is 280 g/mol. The normalized spacial score (nSPS) is 10.2. The van der Waals surface area contributed by atoms with Crippen LogP contribution in [0.25, 0.3) is 11.3 Å². The van der Waals surface area contributed by atoms with Gasteiger partial charge in [-0.3, -0.25) is 0 Å². The van der Waals surface area contributed by atoms with E-state index in [0.717, 1.165) is 0 Å². The first-order valence-electron chi connectivity index (χ1n) is 5.08. The van der Waals surface area contributed by atoms with Crippen molar-refractivity contribution in [1.29, 1.82) is 0 Å². The molecule has 0 aliphatic heterocycles. The molecule has 2 aromatic rings. The molecule has 7 nitrogen and oxygen atoms in total. The van der Waals surface area contributed by atoms with E-state index < -0.39 is 5.97 Å². The molecule has 0 unspecified atom stereocenters. The Balaban J connectivity index is 2.52. The Morgan fingerprint density at radius 3 is 2.58 bits per heavy atom. The Hall–Kier alpha value is -2.41. The van der Waals surface area contributed by atoms with E-state index in [1.807, 2.05) is 0 Å². The number of carboxylic acid groups (broad SMARTS) is 1. The lowest BCUT2D eigenvalue weighted by Gasteiger charge is -2.06. The number of carboxylic acids is 1. The number of rotatable bonds is 3. The van der Waals surface area contributed by atoms with Crippen LogP contribution in [0.15, 0.2) is 18.5 Å². The third kappa shape index (κ3) is 2.55. The van der Waals surface area contributed by atoms with Gasteiger partial charge in [-0.2, -0.15) is 0 Å². The van der Waals surface area contributed by atoms with E-state index >= 15 is 0 Å². The van der Waals surface area contributed by atoms with Gasteiger partial charge in [0.2, 0.25) is 0 Å². The zero-order chi connectivity index (χ0) is 14.0. The number of carbonyl (C=O) groups is 1. The van der Waals surface area contributed by atoms with Gasteiger partial charge in [0.25, 0.3) is 0 Å². The number of halogens is 1. The molecule has 0 atom stereocenters. The summed E-state index contributed by atoms with van der Waals surface area (Å²) in [5.41, 5.74) is 6.29. The van der Waals surface area contributed by atoms with Crippen molar-refractivity contribution in [2.75, 3.05) is 12.8 Å². The van der Waals surface area contributed by atoms with Gasteiger partial charge in [-0.1, -0.05) is 11.6 Å². The molecular weight excluding hydrogens is 272 g/mol. The van der Waals surface area contributed by atoms with Crippen molar-refractivity contribution in [3.63, 3.8) is 0 Å². The minimum Gasteiger partial charge on any atom is -0.476 e. The van der Waals surface area contributed by atoms with Gasteiger partial charge in [0.05, 0.1) is 23.5 Å². The predicted molar refractivity (Wildman–Crippen MR) is 68.2 cm³/mol. The molecule has 19 heavy (non-hydrogen) atoms.